The fourth-order valence-corrected chi connectivity index (χ4v) is 3.77. The summed E-state index contributed by atoms with van der Waals surface area (Å²) in [5.74, 6) is 1.06. The topological polar surface area (TPSA) is 44.8 Å². The molecule has 0 saturated carbocycles. The summed E-state index contributed by atoms with van der Waals surface area (Å²) in [5, 5.41) is 3.15. The van der Waals surface area contributed by atoms with Crippen LogP contribution in [-0.4, -0.2) is 56.2 Å². The van der Waals surface area contributed by atoms with E-state index in [0.29, 0.717) is 13.2 Å². The van der Waals surface area contributed by atoms with Crippen molar-refractivity contribution in [1.82, 2.24) is 10.2 Å². The van der Waals surface area contributed by atoms with Gasteiger partial charge in [0.05, 0.1) is 18.8 Å². The van der Waals surface area contributed by atoms with Crippen molar-refractivity contribution >= 4 is 11.6 Å². The molecule has 2 aromatic carbocycles. The molecule has 156 valence electrons. The van der Waals surface area contributed by atoms with Crippen molar-refractivity contribution in [3.63, 3.8) is 0 Å². The lowest BCUT2D eigenvalue weighted by Gasteiger charge is -2.36. The van der Waals surface area contributed by atoms with Gasteiger partial charge >= 0.3 is 0 Å². The average Bonchev–Trinajstić information content (AvgIpc) is 2.74. The molecule has 0 radical (unpaired) electrons. The van der Waals surface area contributed by atoms with Gasteiger partial charge < -0.3 is 15.0 Å². The Kier molecular flexibility index (Phi) is 7.94. The van der Waals surface area contributed by atoms with Crippen molar-refractivity contribution in [1.29, 1.82) is 0 Å². The smallest absolute Gasteiger partial charge is 0.234 e. The summed E-state index contributed by atoms with van der Waals surface area (Å²) >= 11 is 0. The molecule has 5 nitrogen and oxygen atoms in total. The Bertz CT molecular complexity index is 758. The SMILES string of the molecule is CCOc1ccccc1N1CCN(CC(=O)N[C@H](C)CCc2ccccc2)CC1. The number of anilines is 1. The van der Waals surface area contributed by atoms with E-state index >= 15 is 0 Å². The van der Waals surface area contributed by atoms with Gasteiger partial charge in [0.1, 0.15) is 5.75 Å². The maximum Gasteiger partial charge on any atom is 0.234 e. The van der Waals surface area contributed by atoms with Gasteiger partial charge in [-0.05, 0) is 44.4 Å². The monoisotopic (exact) mass is 395 g/mol. The van der Waals surface area contributed by atoms with E-state index in [1.807, 2.05) is 25.1 Å². The second-order valence-corrected chi connectivity index (χ2v) is 7.66. The summed E-state index contributed by atoms with van der Waals surface area (Å²) in [6.07, 6.45) is 1.94. The Morgan fingerprint density at radius 1 is 1.03 bits per heavy atom. The highest BCUT2D eigenvalue weighted by molar-refractivity contribution is 5.78. The van der Waals surface area contributed by atoms with Crippen LogP contribution in [0.25, 0.3) is 0 Å². The molecule has 1 saturated heterocycles. The van der Waals surface area contributed by atoms with Crippen LogP contribution in [0.1, 0.15) is 25.8 Å². The molecule has 1 amide bonds. The van der Waals surface area contributed by atoms with E-state index < -0.39 is 0 Å². The maximum atomic E-state index is 12.4. The fourth-order valence-electron chi connectivity index (χ4n) is 3.77. The number of hydrogen-bond donors (Lipinski definition) is 1. The Balaban J connectivity index is 1.40. The third-order valence-corrected chi connectivity index (χ3v) is 5.36. The predicted molar refractivity (Wildman–Crippen MR) is 119 cm³/mol. The van der Waals surface area contributed by atoms with Gasteiger partial charge in [-0.15, -0.1) is 0 Å². The third kappa shape index (κ3) is 6.50. The lowest BCUT2D eigenvalue weighted by atomic mass is 10.1. The molecule has 3 rings (SSSR count). The van der Waals surface area contributed by atoms with Crippen molar-refractivity contribution in [2.45, 2.75) is 32.7 Å². The largest absolute Gasteiger partial charge is 0.492 e. The summed E-state index contributed by atoms with van der Waals surface area (Å²) in [7, 11) is 0. The molecule has 29 heavy (non-hydrogen) atoms. The number of rotatable bonds is 9. The first kappa shape index (κ1) is 21.2. The molecule has 0 spiro atoms. The quantitative estimate of drug-likeness (QED) is 0.707. The van der Waals surface area contributed by atoms with E-state index in [0.717, 1.165) is 50.5 Å². The molecular weight excluding hydrogens is 362 g/mol. The molecule has 1 atom stereocenters. The van der Waals surface area contributed by atoms with Gasteiger partial charge in [0.25, 0.3) is 0 Å². The van der Waals surface area contributed by atoms with Crippen LogP contribution in [0.15, 0.2) is 54.6 Å². The first-order chi connectivity index (χ1) is 14.2. The van der Waals surface area contributed by atoms with Crippen molar-refractivity contribution in [2.24, 2.45) is 0 Å². The van der Waals surface area contributed by atoms with E-state index in [1.54, 1.807) is 0 Å². The lowest BCUT2D eigenvalue weighted by Crippen LogP contribution is -2.50. The number of carbonyl (C=O) groups excluding carboxylic acids is 1. The zero-order valence-corrected chi connectivity index (χ0v) is 17.6. The zero-order chi connectivity index (χ0) is 20.5. The standard InChI is InChI=1S/C24H33N3O2/c1-3-29-23-12-8-7-11-22(23)27-17-15-26(16-18-27)19-24(28)25-20(2)13-14-21-9-5-4-6-10-21/h4-12,20H,3,13-19H2,1-2H3,(H,25,28)/t20-/m1/s1. The summed E-state index contributed by atoms with van der Waals surface area (Å²) in [4.78, 5) is 17.0. The summed E-state index contributed by atoms with van der Waals surface area (Å²) in [5.41, 5.74) is 2.46. The number of hydrogen-bond acceptors (Lipinski definition) is 4. The number of nitrogens with zero attached hydrogens (tertiary/aromatic N) is 2. The maximum absolute atomic E-state index is 12.4. The van der Waals surface area contributed by atoms with Crippen LogP contribution in [0, 0.1) is 0 Å². The molecule has 2 aromatic rings. The van der Waals surface area contributed by atoms with Gasteiger partial charge in [-0.2, -0.15) is 0 Å². The number of carbonyl (C=O) groups is 1. The normalized spacial score (nSPS) is 15.7. The lowest BCUT2D eigenvalue weighted by molar-refractivity contribution is -0.122. The highest BCUT2D eigenvalue weighted by Gasteiger charge is 2.21. The number of piperazine rings is 1. The van der Waals surface area contributed by atoms with E-state index in [1.165, 1.54) is 5.56 Å². The van der Waals surface area contributed by atoms with Crippen LogP contribution < -0.4 is 15.0 Å². The predicted octanol–water partition coefficient (Wildman–Crippen LogP) is 3.34. The zero-order valence-electron chi connectivity index (χ0n) is 17.6. The van der Waals surface area contributed by atoms with Crippen LogP contribution >= 0.6 is 0 Å². The Labute approximate surface area is 174 Å². The highest BCUT2D eigenvalue weighted by Crippen LogP contribution is 2.28. The Morgan fingerprint density at radius 2 is 1.72 bits per heavy atom. The molecule has 1 heterocycles. The van der Waals surface area contributed by atoms with Gasteiger partial charge in [0, 0.05) is 32.2 Å². The number of benzene rings is 2. The summed E-state index contributed by atoms with van der Waals surface area (Å²) < 4.78 is 5.76. The van der Waals surface area contributed by atoms with Crippen LogP contribution in [0.2, 0.25) is 0 Å². The van der Waals surface area contributed by atoms with Crippen LogP contribution in [-0.2, 0) is 11.2 Å². The number of para-hydroxylation sites is 2. The Hall–Kier alpha value is -2.53. The van der Waals surface area contributed by atoms with Gasteiger partial charge in [-0.1, -0.05) is 42.5 Å². The molecule has 0 unspecified atom stereocenters. The molecule has 1 aliphatic rings. The van der Waals surface area contributed by atoms with E-state index in [4.69, 9.17) is 4.74 Å². The van der Waals surface area contributed by atoms with Crippen molar-refractivity contribution in [3.05, 3.63) is 60.2 Å². The van der Waals surface area contributed by atoms with Gasteiger partial charge in [0.2, 0.25) is 5.91 Å². The van der Waals surface area contributed by atoms with Gasteiger partial charge in [-0.25, -0.2) is 0 Å². The Morgan fingerprint density at radius 3 is 2.45 bits per heavy atom. The number of aryl methyl sites for hydroxylation is 1. The van der Waals surface area contributed by atoms with Crippen molar-refractivity contribution < 1.29 is 9.53 Å². The summed E-state index contributed by atoms with van der Waals surface area (Å²) in [6.45, 7) is 8.80. The van der Waals surface area contributed by atoms with E-state index in [-0.39, 0.29) is 11.9 Å². The van der Waals surface area contributed by atoms with Gasteiger partial charge in [-0.3, -0.25) is 9.69 Å². The van der Waals surface area contributed by atoms with Gasteiger partial charge in [0.15, 0.2) is 0 Å². The molecule has 0 bridgehead atoms. The van der Waals surface area contributed by atoms with Crippen LogP contribution in [0.3, 0.4) is 0 Å². The first-order valence-electron chi connectivity index (χ1n) is 10.7. The number of nitrogens with one attached hydrogen (secondary N) is 1. The second kappa shape index (κ2) is 10.9. The molecule has 0 aliphatic carbocycles. The molecule has 0 aromatic heterocycles. The first-order valence-corrected chi connectivity index (χ1v) is 10.7. The average molecular weight is 396 g/mol. The van der Waals surface area contributed by atoms with Crippen LogP contribution in [0.5, 0.6) is 5.75 Å². The molecule has 5 heteroatoms. The molecular formula is C24H33N3O2. The highest BCUT2D eigenvalue weighted by atomic mass is 16.5. The fraction of sp³-hybridized carbons (Fsp3) is 0.458. The van der Waals surface area contributed by atoms with E-state index in [9.17, 15) is 4.79 Å². The van der Waals surface area contributed by atoms with E-state index in [2.05, 4.69) is 58.4 Å². The second-order valence-electron chi connectivity index (χ2n) is 7.66. The minimum atomic E-state index is 0.119. The van der Waals surface area contributed by atoms with Crippen molar-refractivity contribution in [2.75, 3.05) is 44.2 Å². The molecule has 1 N–H and O–H groups in total. The summed E-state index contributed by atoms with van der Waals surface area (Å²) in [6, 6.07) is 18.8. The third-order valence-electron chi connectivity index (χ3n) is 5.36. The minimum absolute atomic E-state index is 0.119. The number of ether oxygens (including phenoxy) is 1. The van der Waals surface area contributed by atoms with Crippen molar-refractivity contribution in [3.8, 4) is 5.75 Å². The number of amides is 1. The molecule has 1 aliphatic heterocycles. The molecule has 1 fully saturated rings. The van der Waals surface area contributed by atoms with Crippen LogP contribution in [0.4, 0.5) is 5.69 Å². The minimum Gasteiger partial charge on any atom is -0.492 e.